The molecule has 1 atom stereocenters. The molecule has 0 aliphatic carbocycles. The zero-order chi connectivity index (χ0) is 19.0. The Morgan fingerprint density at radius 2 is 1.72 bits per heavy atom. The number of amides is 2. The van der Waals surface area contributed by atoms with Gasteiger partial charge in [-0.05, 0) is 39.2 Å². The molecule has 0 saturated heterocycles. The molecule has 1 aromatic carbocycles. The molecule has 0 saturated carbocycles. The minimum atomic E-state index is 0.0127. The van der Waals surface area contributed by atoms with Crippen molar-refractivity contribution in [3.63, 3.8) is 0 Å². The molecule has 142 valence electrons. The third-order valence-corrected chi connectivity index (χ3v) is 5.36. The van der Waals surface area contributed by atoms with Crippen LogP contribution in [0.5, 0.6) is 5.75 Å². The van der Waals surface area contributed by atoms with Gasteiger partial charge < -0.3 is 19.4 Å². The van der Waals surface area contributed by atoms with Crippen LogP contribution in [0.15, 0.2) is 18.2 Å². The van der Waals surface area contributed by atoms with Gasteiger partial charge in [0.1, 0.15) is 12.4 Å². The van der Waals surface area contributed by atoms with Gasteiger partial charge in [0.25, 0.3) is 0 Å². The number of benzene rings is 1. The van der Waals surface area contributed by atoms with Crippen LogP contribution in [0.4, 0.5) is 4.79 Å². The van der Waals surface area contributed by atoms with Gasteiger partial charge in [-0.15, -0.1) is 0 Å². The molecule has 0 fully saturated rings. The summed E-state index contributed by atoms with van der Waals surface area (Å²) in [5.41, 5.74) is 0. The lowest BCUT2D eigenvalue weighted by Crippen LogP contribution is -2.49. The first kappa shape index (κ1) is 22.6. The third kappa shape index (κ3) is 8.19. The van der Waals surface area contributed by atoms with E-state index in [0.29, 0.717) is 35.5 Å². The fourth-order valence-electron chi connectivity index (χ4n) is 2.13. The number of rotatable bonds is 9. The summed E-state index contributed by atoms with van der Waals surface area (Å²) >= 11 is 14.2. The summed E-state index contributed by atoms with van der Waals surface area (Å²) in [7, 11) is 5.82. The number of carbonyl (C=O) groups is 1. The van der Waals surface area contributed by atoms with Crippen molar-refractivity contribution in [3.05, 3.63) is 28.2 Å². The van der Waals surface area contributed by atoms with Crippen molar-refractivity contribution in [1.82, 2.24) is 14.7 Å². The van der Waals surface area contributed by atoms with Crippen LogP contribution in [0.3, 0.4) is 0 Å². The highest BCUT2D eigenvalue weighted by Crippen LogP contribution is 2.24. The number of alkyl halides is 1. The quantitative estimate of drug-likeness (QED) is 0.377. The predicted octanol–water partition coefficient (Wildman–Crippen LogP) is 4.11. The van der Waals surface area contributed by atoms with Crippen molar-refractivity contribution < 1.29 is 9.53 Å². The van der Waals surface area contributed by atoms with Gasteiger partial charge in [0.2, 0.25) is 0 Å². The van der Waals surface area contributed by atoms with Crippen LogP contribution in [-0.4, -0.2) is 78.6 Å². The van der Waals surface area contributed by atoms with E-state index in [1.807, 2.05) is 33.0 Å². The molecule has 0 aliphatic heterocycles. The molecule has 2 amide bonds. The Morgan fingerprint density at radius 1 is 1.12 bits per heavy atom. The van der Waals surface area contributed by atoms with E-state index in [4.69, 9.17) is 27.9 Å². The number of hydrogen-bond acceptors (Lipinski definition) is 3. The number of ether oxygens (including phenoxy) is 1. The Labute approximate surface area is 174 Å². The van der Waals surface area contributed by atoms with Crippen LogP contribution in [-0.2, 0) is 0 Å². The summed E-state index contributed by atoms with van der Waals surface area (Å²) in [6, 6.07) is 5.22. The summed E-state index contributed by atoms with van der Waals surface area (Å²) in [6.07, 6.45) is 0. The van der Waals surface area contributed by atoms with Crippen molar-refractivity contribution in [1.29, 1.82) is 0 Å². The maximum Gasteiger partial charge on any atom is 0.320 e. The summed E-state index contributed by atoms with van der Waals surface area (Å²) in [5.74, 6) is 0.605. The lowest BCUT2D eigenvalue weighted by atomic mass is 10.3. The molecular formula is C17H26Cl2IN3O2. The highest BCUT2D eigenvalue weighted by molar-refractivity contribution is 14.1. The lowest BCUT2D eigenvalue weighted by molar-refractivity contribution is 0.136. The highest BCUT2D eigenvalue weighted by atomic mass is 127. The maximum absolute atomic E-state index is 12.7. The number of halogens is 3. The van der Waals surface area contributed by atoms with Gasteiger partial charge in [0.05, 0.1) is 6.54 Å². The van der Waals surface area contributed by atoms with Gasteiger partial charge in [-0.25, -0.2) is 4.79 Å². The second-order valence-corrected chi connectivity index (χ2v) is 7.91. The maximum atomic E-state index is 12.7. The molecule has 0 aliphatic rings. The van der Waals surface area contributed by atoms with Crippen LogP contribution in [0.25, 0.3) is 0 Å². The van der Waals surface area contributed by atoms with Gasteiger partial charge in [-0.3, -0.25) is 0 Å². The average molecular weight is 502 g/mol. The fraction of sp³-hybridized carbons (Fsp3) is 0.588. The van der Waals surface area contributed by atoms with Crippen molar-refractivity contribution >= 4 is 51.8 Å². The molecule has 1 rings (SSSR count). The van der Waals surface area contributed by atoms with E-state index in [1.165, 1.54) is 0 Å². The van der Waals surface area contributed by atoms with Crippen LogP contribution in [0, 0.1) is 0 Å². The van der Waals surface area contributed by atoms with Gasteiger partial charge >= 0.3 is 6.03 Å². The molecule has 0 heterocycles. The number of likely N-dealkylation sites (N-methyl/N-ethyl adjacent to an activating group) is 2. The molecule has 0 aromatic heterocycles. The van der Waals surface area contributed by atoms with E-state index in [-0.39, 0.29) is 12.1 Å². The van der Waals surface area contributed by atoms with E-state index in [9.17, 15) is 4.79 Å². The molecule has 25 heavy (non-hydrogen) atoms. The Kier molecular flexibility index (Phi) is 10.2. The SMILES string of the molecule is CC(CI)N(CCOc1cc(Cl)cc(Cl)c1)C(=O)N(C)CCN(C)C. The van der Waals surface area contributed by atoms with Gasteiger partial charge in [-0.1, -0.05) is 45.8 Å². The topological polar surface area (TPSA) is 36.0 Å². The van der Waals surface area contributed by atoms with Crippen molar-refractivity contribution in [2.75, 3.05) is 51.8 Å². The van der Waals surface area contributed by atoms with E-state index in [0.717, 1.165) is 11.0 Å². The first-order chi connectivity index (χ1) is 11.7. The summed E-state index contributed by atoms with van der Waals surface area (Å²) in [4.78, 5) is 18.4. The second kappa shape index (κ2) is 11.3. The minimum Gasteiger partial charge on any atom is -0.492 e. The van der Waals surface area contributed by atoms with Crippen LogP contribution in [0.2, 0.25) is 10.0 Å². The summed E-state index contributed by atoms with van der Waals surface area (Å²) in [5, 5.41) is 1.05. The fourth-order valence-corrected chi connectivity index (χ4v) is 3.11. The highest BCUT2D eigenvalue weighted by Gasteiger charge is 2.22. The van der Waals surface area contributed by atoms with Gasteiger partial charge in [-0.2, -0.15) is 0 Å². The van der Waals surface area contributed by atoms with E-state index >= 15 is 0 Å². The summed E-state index contributed by atoms with van der Waals surface area (Å²) < 4.78 is 6.58. The Bertz CT molecular complexity index is 540. The largest absolute Gasteiger partial charge is 0.492 e. The lowest BCUT2D eigenvalue weighted by Gasteiger charge is -2.32. The first-order valence-electron chi connectivity index (χ1n) is 8.06. The minimum absolute atomic E-state index is 0.0127. The van der Waals surface area contributed by atoms with Crippen molar-refractivity contribution in [2.45, 2.75) is 13.0 Å². The molecule has 0 radical (unpaired) electrons. The molecule has 0 spiro atoms. The van der Waals surface area contributed by atoms with E-state index in [1.54, 1.807) is 23.1 Å². The smallest absolute Gasteiger partial charge is 0.320 e. The Balaban J connectivity index is 2.64. The monoisotopic (exact) mass is 501 g/mol. The van der Waals surface area contributed by atoms with Crippen molar-refractivity contribution in [2.24, 2.45) is 0 Å². The van der Waals surface area contributed by atoms with E-state index in [2.05, 4.69) is 27.5 Å². The average Bonchev–Trinajstić information content (AvgIpc) is 2.54. The third-order valence-electron chi connectivity index (χ3n) is 3.65. The normalized spacial score (nSPS) is 12.2. The number of nitrogens with zero attached hydrogens (tertiary/aromatic N) is 3. The molecular weight excluding hydrogens is 476 g/mol. The molecule has 0 bridgehead atoms. The van der Waals surface area contributed by atoms with Crippen molar-refractivity contribution in [3.8, 4) is 5.75 Å². The molecule has 5 nitrogen and oxygen atoms in total. The summed E-state index contributed by atoms with van der Waals surface area (Å²) in [6.45, 7) is 4.43. The first-order valence-corrected chi connectivity index (χ1v) is 10.3. The number of carbonyl (C=O) groups excluding carboxylic acids is 1. The zero-order valence-electron chi connectivity index (χ0n) is 15.1. The molecule has 8 heteroatoms. The van der Waals surface area contributed by atoms with Crippen LogP contribution in [0.1, 0.15) is 6.92 Å². The standard InChI is InChI=1S/C17H26Cl2IN3O2/c1-13(12-20)23(17(24)22(4)6-5-21(2)3)7-8-25-16-10-14(18)9-15(19)11-16/h9-11,13H,5-8,12H2,1-4H3. The predicted molar refractivity (Wildman–Crippen MR) is 114 cm³/mol. The zero-order valence-corrected chi connectivity index (χ0v) is 18.8. The number of hydrogen-bond donors (Lipinski definition) is 0. The van der Waals surface area contributed by atoms with Crippen LogP contribution < -0.4 is 4.74 Å². The van der Waals surface area contributed by atoms with Gasteiger partial charge in [0.15, 0.2) is 0 Å². The van der Waals surface area contributed by atoms with Crippen LogP contribution >= 0.6 is 45.8 Å². The van der Waals surface area contributed by atoms with E-state index < -0.39 is 0 Å². The molecule has 0 N–H and O–H groups in total. The molecule has 1 aromatic rings. The molecule has 1 unspecified atom stereocenters. The Morgan fingerprint density at radius 3 is 2.24 bits per heavy atom. The van der Waals surface area contributed by atoms with Gasteiger partial charge in [0, 0.05) is 40.7 Å². The Hall–Kier alpha value is -0.440. The second-order valence-electron chi connectivity index (χ2n) is 6.16. The number of urea groups is 1.